The zero-order valence-electron chi connectivity index (χ0n) is 16.9. The molecule has 31 heavy (non-hydrogen) atoms. The third kappa shape index (κ3) is 3.53. The van der Waals surface area contributed by atoms with Crippen molar-refractivity contribution in [3.8, 4) is 11.4 Å². The minimum Gasteiger partial charge on any atom is -0.495 e. The van der Waals surface area contributed by atoms with Gasteiger partial charge in [0.25, 0.3) is 0 Å². The summed E-state index contributed by atoms with van der Waals surface area (Å²) >= 11 is 6.20. The average Bonchev–Trinajstić information content (AvgIpc) is 3.23. The Kier molecular flexibility index (Phi) is 5.07. The second-order valence-electron chi connectivity index (χ2n) is 7.23. The van der Waals surface area contributed by atoms with Gasteiger partial charge in [-0.2, -0.15) is 5.10 Å². The molecule has 0 saturated carbocycles. The number of hydrogen-bond donors (Lipinski definition) is 0. The lowest BCUT2D eigenvalue weighted by Gasteiger charge is -2.37. The van der Waals surface area contributed by atoms with Crippen molar-refractivity contribution in [2.45, 2.75) is 0 Å². The number of ether oxygens (including phenoxy) is 1. The van der Waals surface area contributed by atoms with E-state index in [2.05, 4.69) is 24.9 Å². The largest absolute Gasteiger partial charge is 0.495 e. The third-order valence-corrected chi connectivity index (χ3v) is 5.72. The van der Waals surface area contributed by atoms with E-state index in [4.69, 9.17) is 16.3 Å². The first-order valence-electron chi connectivity index (χ1n) is 9.93. The fourth-order valence-electron chi connectivity index (χ4n) is 3.95. The highest BCUT2D eigenvalue weighted by molar-refractivity contribution is 6.30. The van der Waals surface area contributed by atoms with Crippen molar-refractivity contribution in [2.24, 2.45) is 0 Å². The van der Waals surface area contributed by atoms with Gasteiger partial charge >= 0.3 is 0 Å². The van der Waals surface area contributed by atoms with Crippen molar-refractivity contribution in [1.82, 2.24) is 19.7 Å². The molecule has 3 heterocycles. The molecule has 0 spiro atoms. The molecular formula is C22H20ClFN6O. The molecule has 2 aromatic heterocycles. The summed E-state index contributed by atoms with van der Waals surface area (Å²) in [6.45, 7) is 3.08. The number of fused-ring (bicyclic) bond motifs is 1. The van der Waals surface area contributed by atoms with Crippen molar-refractivity contribution in [2.75, 3.05) is 43.1 Å². The number of rotatable bonds is 4. The zero-order valence-corrected chi connectivity index (χ0v) is 17.6. The molecule has 0 N–H and O–H groups in total. The lowest BCUT2D eigenvalue weighted by Crippen LogP contribution is -2.47. The van der Waals surface area contributed by atoms with Gasteiger partial charge in [-0.15, -0.1) is 0 Å². The molecule has 158 valence electrons. The summed E-state index contributed by atoms with van der Waals surface area (Å²) in [5, 5.41) is 5.85. The Morgan fingerprint density at radius 2 is 1.74 bits per heavy atom. The van der Waals surface area contributed by atoms with Gasteiger partial charge in [0.1, 0.15) is 29.4 Å². The molecule has 5 rings (SSSR count). The molecule has 0 aliphatic carbocycles. The molecule has 0 amide bonds. The minimum atomic E-state index is -0.350. The van der Waals surface area contributed by atoms with E-state index in [-0.39, 0.29) is 5.82 Å². The maximum absolute atomic E-state index is 14.3. The standard InChI is InChI=1S/C22H20ClFN6O/c1-31-20-7-6-15(23)12-19(20)28-8-10-29(11-9-28)21-16-13-27-30(22(16)26-14-25-21)18-5-3-2-4-17(18)24/h2-7,12-14H,8-11H2,1H3. The third-order valence-electron chi connectivity index (χ3n) is 5.49. The molecule has 0 radical (unpaired) electrons. The normalized spacial score (nSPS) is 14.3. The van der Waals surface area contributed by atoms with E-state index in [1.54, 1.807) is 31.5 Å². The van der Waals surface area contributed by atoms with Crippen LogP contribution in [0.4, 0.5) is 15.9 Å². The summed E-state index contributed by atoms with van der Waals surface area (Å²) in [5.41, 5.74) is 1.92. The predicted octanol–water partition coefficient (Wildman–Crippen LogP) is 3.94. The lowest BCUT2D eigenvalue weighted by atomic mass is 10.2. The van der Waals surface area contributed by atoms with Crippen LogP contribution in [0.25, 0.3) is 16.7 Å². The lowest BCUT2D eigenvalue weighted by molar-refractivity contribution is 0.413. The molecule has 0 bridgehead atoms. The van der Waals surface area contributed by atoms with Gasteiger partial charge in [-0.1, -0.05) is 23.7 Å². The van der Waals surface area contributed by atoms with Gasteiger partial charge in [-0.3, -0.25) is 0 Å². The van der Waals surface area contributed by atoms with Crippen molar-refractivity contribution in [3.63, 3.8) is 0 Å². The van der Waals surface area contributed by atoms with Crippen LogP contribution in [0.3, 0.4) is 0 Å². The van der Waals surface area contributed by atoms with Crippen molar-refractivity contribution < 1.29 is 9.13 Å². The molecular weight excluding hydrogens is 419 g/mol. The summed E-state index contributed by atoms with van der Waals surface area (Å²) < 4.78 is 21.3. The molecule has 4 aromatic rings. The SMILES string of the molecule is COc1ccc(Cl)cc1N1CCN(c2ncnc3c2cnn3-c2ccccc2F)CC1. The summed E-state index contributed by atoms with van der Waals surface area (Å²) in [5.74, 6) is 1.25. The zero-order chi connectivity index (χ0) is 21.4. The van der Waals surface area contributed by atoms with Crippen LogP contribution in [-0.2, 0) is 0 Å². The van der Waals surface area contributed by atoms with E-state index >= 15 is 0 Å². The van der Waals surface area contributed by atoms with Crippen LogP contribution in [0, 0.1) is 5.82 Å². The molecule has 1 aliphatic heterocycles. The van der Waals surface area contributed by atoms with Crippen LogP contribution in [0.5, 0.6) is 5.75 Å². The number of aromatic nitrogens is 4. The number of methoxy groups -OCH3 is 1. The van der Waals surface area contributed by atoms with Crippen LogP contribution >= 0.6 is 11.6 Å². The predicted molar refractivity (Wildman–Crippen MR) is 119 cm³/mol. The van der Waals surface area contributed by atoms with Crippen LogP contribution in [0.15, 0.2) is 55.0 Å². The number of nitrogens with zero attached hydrogens (tertiary/aromatic N) is 6. The smallest absolute Gasteiger partial charge is 0.168 e. The Balaban J connectivity index is 1.42. The Morgan fingerprint density at radius 1 is 0.968 bits per heavy atom. The van der Waals surface area contributed by atoms with E-state index in [0.717, 1.165) is 48.8 Å². The van der Waals surface area contributed by atoms with Crippen LogP contribution in [0.1, 0.15) is 0 Å². The van der Waals surface area contributed by atoms with Crippen LogP contribution in [-0.4, -0.2) is 53.0 Å². The molecule has 1 saturated heterocycles. The fraction of sp³-hybridized carbons (Fsp3) is 0.227. The number of anilines is 2. The maximum atomic E-state index is 14.3. The number of piperazine rings is 1. The number of para-hydroxylation sites is 1. The highest BCUT2D eigenvalue weighted by Gasteiger charge is 2.23. The van der Waals surface area contributed by atoms with Gasteiger partial charge in [0.2, 0.25) is 0 Å². The van der Waals surface area contributed by atoms with E-state index < -0.39 is 0 Å². The molecule has 0 unspecified atom stereocenters. The summed E-state index contributed by atoms with van der Waals surface area (Å²) in [7, 11) is 1.66. The van der Waals surface area contributed by atoms with Crippen molar-refractivity contribution in [3.05, 3.63) is 65.8 Å². The molecule has 0 atom stereocenters. The van der Waals surface area contributed by atoms with Gasteiger partial charge in [-0.25, -0.2) is 19.0 Å². The summed E-state index contributed by atoms with van der Waals surface area (Å²) in [6, 6.07) is 12.2. The molecule has 9 heteroatoms. The summed E-state index contributed by atoms with van der Waals surface area (Å²) in [6.07, 6.45) is 3.20. The Bertz CT molecular complexity index is 1240. The van der Waals surface area contributed by atoms with Gasteiger partial charge in [0, 0.05) is 31.2 Å². The summed E-state index contributed by atoms with van der Waals surface area (Å²) in [4.78, 5) is 13.3. The first-order valence-corrected chi connectivity index (χ1v) is 10.3. The Morgan fingerprint density at radius 3 is 2.52 bits per heavy atom. The molecule has 2 aromatic carbocycles. The number of benzene rings is 2. The van der Waals surface area contributed by atoms with E-state index in [1.807, 2.05) is 18.2 Å². The number of hydrogen-bond acceptors (Lipinski definition) is 6. The first-order chi connectivity index (χ1) is 15.2. The Labute approximate surface area is 183 Å². The fourth-order valence-corrected chi connectivity index (χ4v) is 4.12. The highest BCUT2D eigenvalue weighted by atomic mass is 35.5. The van der Waals surface area contributed by atoms with E-state index in [1.165, 1.54) is 17.1 Å². The van der Waals surface area contributed by atoms with E-state index in [0.29, 0.717) is 16.4 Å². The Hall–Kier alpha value is -3.39. The first kappa shape index (κ1) is 19.6. The van der Waals surface area contributed by atoms with Crippen molar-refractivity contribution in [1.29, 1.82) is 0 Å². The van der Waals surface area contributed by atoms with Crippen LogP contribution < -0.4 is 14.5 Å². The maximum Gasteiger partial charge on any atom is 0.168 e. The monoisotopic (exact) mass is 438 g/mol. The quantitative estimate of drug-likeness (QED) is 0.481. The second kappa shape index (κ2) is 8.03. The molecule has 7 nitrogen and oxygen atoms in total. The molecule has 1 fully saturated rings. The second-order valence-corrected chi connectivity index (χ2v) is 7.67. The van der Waals surface area contributed by atoms with Crippen LogP contribution in [0.2, 0.25) is 5.02 Å². The molecule has 1 aliphatic rings. The highest BCUT2D eigenvalue weighted by Crippen LogP contribution is 2.33. The van der Waals surface area contributed by atoms with Gasteiger partial charge < -0.3 is 14.5 Å². The minimum absolute atomic E-state index is 0.350. The van der Waals surface area contributed by atoms with Gasteiger partial charge in [-0.05, 0) is 30.3 Å². The van der Waals surface area contributed by atoms with E-state index in [9.17, 15) is 4.39 Å². The van der Waals surface area contributed by atoms with Gasteiger partial charge in [0.05, 0.1) is 24.4 Å². The van der Waals surface area contributed by atoms with Gasteiger partial charge in [0.15, 0.2) is 5.65 Å². The average molecular weight is 439 g/mol. The number of halogens is 2. The topological polar surface area (TPSA) is 59.3 Å². The van der Waals surface area contributed by atoms with Crippen molar-refractivity contribution >= 4 is 34.1 Å².